The number of hydrogen-bond donors (Lipinski definition) is 2. The number of sulfonamides is 1. The van der Waals surface area contributed by atoms with Gasteiger partial charge in [-0.3, -0.25) is 0 Å². The van der Waals surface area contributed by atoms with Crippen molar-refractivity contribution >= 4 is 38.2 Å². The minimum atomic E-state index is -4.84. The number of thiophene rings is 1. The number of anilines is 1. The highest BCUT2D eigenvalue weighted by Gasteiger charge is 2.31. The van der Waals surface area contributed by atoms with Gasteiger partial charge in [0, 0.05) is 19.1 Å². The summed E-state index contributed by atoms with van der Waals surface area (Å²) >= 11 is 1.65. The minimum Gasteiger partial charge on any atom is -0.406 e. The Bertz CT molecular complexity index is 1470. The molecule has 4 aromatic rings. The summed E-state index contributed by atoms with van der Waals surface area (Å²) in [7, 11) is -3.90. The standard InChI is InChI=1S/C23H22F3N5O3S2/c1-14-10-20(35-12-14)19-11-18-21(29-19)27-13-28-22(18)31-8-6-15(7-9-31)30-36(32,33)17-4-2-16(3-5-17)34-23(24,25)26/h2-5,10-13,15,30H,6-9H2,1H3,(H,27,28,29). The van der Waals surface area contributed by atoms with Crippen LogP contribution in [-0.4, -0.2) is 48.9 Å². The highest BCUT2D eigenvalue weighted by molar-refractivity contribution is 7.89. The molecular formula is C23H22F3N5O3S2. The molecule has 0 spiro atoms. The van der Waals surface area contributed by atoms with Crippen LogP contribution in [0.3, 0.4) is 0 Å². The van der Waals surface area contributed by atoms with Gasteiger partial charge in [-0.15, -0.1) is 24.5 Å². The number of aromatic amines is 1. The molecule has 5 rings (SSSR count). The predicted octanol–water partition coefficient (Wildman–Crippen LogP) is 4.84. The van der Waals surface area contributed by atoms with Crippen LogP contribution < -0.4 is 14.4 Å². The third-order valence-corrected chi connectivity index (χ3v) is 8.50. The molecule has 0 atom stereocenters. The van der Waals surface area contributed by atoms with E-state index < -0.39 is 22.1 Å². The normalized spacial score (nSPS) is 15.5. The average molecular weight is 538 g/mol. The first kappa shape index (κ1) is 24.5. The van der Waals surface area contributed by atoms with E-state index in [1.807, 2.05) is 13.0 Å². The lowest BCUT2D eigenvalue weighted by Gasteiger charge is -2.33. The predicted molar refractivity (Wildman–Crippen MR) is 131 cm³/mol. The Morgan fingerprint density at radius 2 is 1.86 bits per heavy atom. The molecule has 2 N–H and O–H groups in total. The van der Waals surface area contributed by atoms with Gasteiger partial charge in [-0.25, -0.2) is 23.1 Å². The van der Waals surface area contributed by atoms with Gasteiger partial charge >= 0.3 is 6.36 Å². The maximum Gasteiger partial charge on any atom is 0.573 e. The van der Waals surface area contributed by atoms with Gasteiger partial charge in [0.25, 0.3) is 0 Å². The molecule has 0 bridgehead atoms. The lowest BCUT2D eigenvalue weighted by atomic mass is 10.1. The second-order valence-electron chi connectivity index (χ2n) is 8.53. The largest absolute Gasteiger partial charge is 0.573 e. The van der Waals surface area contributed by atoms with Crippen LogP contribution in [0.1, 0.15) is 18.4 Å². The zero-order valence-corrected chi connectivity index (χ0v) is 20.7. The first-order valence-corrected chi connectivity index (χ1v) is 13.5. The van der Waals surface area contributed by atoms with Gasteiger partial charge in [0.1, 0.15) is 23.5 Å². The van der Waals surface area contributed by atoms with Crippen molar-refractivity contribution in [1.82, 2.24) is 19.7 Å². The number of ether oxygens (including phenoxy) is 1. The third kappa shape index (κ3) is 5.32. The van der Waals surface area contributed by atoms with E-state index in [0.717, 1.165) is 51.7 Å². The molecule has 4 heterocycles. The van der Waals surface area contributed by atoms with Crippen molar-refractivity contribution in [2.75, 3.05) is 18.0 Å². The van der Waals surface area contributed by atoms with Crippen molar-refractivity contribution < 1.29 is 26.3 Å². The first-order valence-electron chi connectivity index (χ1n) is 11.1. The number of piperidine rings is 1. The number of halogens is 3. The van der Waals surface area contributed by atoms with Crippen molar-refractivity contribution in [2.45, 2.75) is 37.1 Å². The summed E-state index contributed by atoms with van der Waals surface area (Å²) in [5.41, 5.74) is 2.90. The molecule has 0 radical (unpaired) electrons. The van der Waals surface area contributed by atoms with Crippen LogP contribution in [-0.2, 0) is 10.0 Å². The fourth-order valence-electron chi connectivity index (χ4n) is 4.20. The molecule has 0 amide bonds. The quantitative estimate of drug-likeness (QED) is 0.365. The van der Waals surface area contributed by atoms with Gasteiger partial charge in [-0.2, -0.15) is 0 Å². The van der Waals surface area contributed by atoms with E-state index in [0.29, 0.717) is 25.9 Å². The smallest absolute Gasteiger partial charge is 0.406 e. The van der Waals surface area contributed by atoms with Gasteiger partial charge in [0.15, 0.2) is 0 Å². The highest BCUT2D eigenvalue weighted by atomic mass is 32.2. The SMILES string of the molecule is Cc1csc(-c2cc3c(N4CCC(NS(=O)(=O)c5ccc(OC(F)(F)F)cc5)CC4)ncnc3[nH]2)c1. The number of H-pyrrole nitrogens is 1. The Morgan fingerprint density at radius 1 is 1.14 bits per heavy atom. The van der Waals surface area contributed by atoms with Crippen molar-refractivity contribution in [2.24, 2.45) is 0 Å². The van der Waals surface area contributed by atoms with Crippen LogP contribution in [0.15, 0.2) is 53.0 Å². The number of nitrogens with one attached hydrogen (secondary N) is 2. The number of fused-ring (bicyclic) bond motifs is 1. The number of aromatic nitrogens is 3. The second kappa shape index (κ2) is 9.37. The molecule has 13 heteroatoms. The summed E-state index contributed by atoms with van der Waals surface area (Å²) in [4.78, 5) is 15.3. The topological polar surface area (TPSA) is 100 Å². The Hall–Kier alpha value is -3.16. The summed E-state index contributed by atoms with van der Waals surface area (Å²) in [6, 6.07) is 7.98. The monoisotopic (exact) mass is 537 g/mol. The fourth-order valence-corrected chi connectivity index (χ4v) is 6.38. The average Bonchev–Trinajstić information content (AvgIpc) is 3.45. The Labute approximate surface area is 209 Å². The van der Waals surface area contributed by atoms with Crippen molar-refractivity contribution in [3.8, 4) is 16.3 Å². The van der Waals surface area contributed by atoms with Crippen LogP contribution in [0.4, 0.5) is 19.0 Å². The van der Waals surface area contributed by atoms with Crippen molar-refractivity contribution in [3.05, 3.63) is 53.7 Å². The summed E-state index contributed by atoms with van der Waals surface area (Å²) in [5, 5.41) is 2.99. The van der Waals surface area contributed by atoms with Gasteiger partial charge in [0.05, 0.1) is 20.9 Å². The first-order chi connectivity index (χ1) is 17.1. The van der Waals surface area contributed by atoms with E-state index in [2.05, 4.69) is 40.8 Å². The van der Waals surface area contributed by atoms with Gasteiger partial charge in [0.2, 0.25) is 10.0 Å². The number of aryl methyl sites for hydroxylation is 1. The lowest BCUT2D eigenvalue weighted by molar-refractivity contribution is -0.274. The van der Waals surface area contributed by atoms with E-state index in [9.17, 15) is 21.6 Å². The van der Waals surface area contributed by atoms with E-state index in [4.69, 9.17) is 0 Å². The molecule has 3 aromatic heterocycles. The number of nitrogens with zero attached hydrogens (tertiary/aromatic N) is 3. The molecule has 0 saturated carbocycles. The molecule has 1 saturated heterocycles. The molecular weight excluding hydrogens is 515 g/mol. The Morgan fingerprint density at radius 3 is 2.50 bits per heavy atom. The fraction of sp³-hybridized carbons (Fsp3) is 0.304. The summed E-state index contributed by atoms with van der Waals surface area (Å²) in [6.07, 6.45) is -2.24. The maximum atomic E-state index is 12.8. The second-order valence-corrected chi connectivity index (χ2v) is 11.2. The highest BCUT2D eigenvalue weighted by Crippen LogP contribution is 2.33. The van der Waals surface area contributed by atoms with Crippen LogP contribution in [0.5, 0.6) is 5.75 Å². The Kier molecular flexibility index (Phi) is 6.39. The van der Waals surface area contributed by atoms with E-state index in [1.165, 1.54) is 11.9 Å². The summed E-state index contributed by atoms with van der Waals surface area (Å²) in [6.45, 7) is 3.20. The van der Waals surface area contributed by atoms with Gasteiger partial charge < -0.3 is 14.6 Å². The molecule has 1 aromatic carbocycles. The number of alkyl halides is 3. The molecule has 1 aliphatic rings. The summed E-state index contributed by atoms with van der Waals surface area (Å²) < 4.78 is 69.0. The third-order valence-electron chi connectivity index (χ3n) is 5.88. The van der Waals surface area contributed by atoms with E-state index >= 15 is 0 Å². The molecule has 36 heavy (non-hydrogen) atoms. The number of rotatable bonds is 6. The Balaban J connectivity index is 1.25. The molecule has 1 aliphatic heterocycles. The lowest BCUT2D eigenvalue weighted by Crippen LogP contribution is -2.44. The minimum absolute atomic E-state index is 0.124. The molecule has 1 fully saturated rings. The maximum absolute atomic E-state index is 12.8. The van der Waals surface area contributed by atoms with Crippen LogP contribution in [0, 0.1) is 6.92 Å². The number of benzene rings is 1. The van der Waals surface area contributed by atoms with Crippen LogP contribution in [0.25, 0.3) is 21.6 Å². The molecule has 8 nitrogen and oxygen atoms in total. The zero-order chi connectivity index (χ0) is 25.5. The molecule has 190 valence electrons. The van der Waals surface area contributed by atoms with Crippen molar-refractivity contribution in [1.29, 1.82) is 0 Å². The number of hydrogen-bond acceptors (Lipinski definition) is 7. The summed E-state index contributed by atoms with van der Waals surface area (Å²) in [5.74, 6) is 0.311. The van der Waals surface area contributed by atoms with Crippen molar-refractivity contribution in [3.63, 3.8) is 0 Å². The molecule has 0 aliphatic carbocycles. The van der Waals surface area contributed by atoms with Gasteiger partial charge in [-0.1, -0.05) is 0 Å². The van der Waals surface area contributed by atoms with Gasteiger partial charge in [-0.05, 0) is 67.1 Å². The van der Waals surface area contributed by atoms with E-state index in [-0.39, 0.29) is 10.9 Å². The van der Waals surface area contributed by atoms with Crippen LogP contribution >= 0.6 is 11.3 Å². The van der Waals surface area contributed by atoms with E-state index in [1.54, 1.807) is 11.3 Å². The zero-order valence-electron chi connectivity index (χ0n) is 19.0. The van der Waals surface area contributed by atoms with Crippen LogP contribution in [0.2, 0.25) is 0 Å². The molecule has 0 unspecified atom stereocenters.